The third-order valence-corrected chi connectivity index (χ3v) is 4.06. The average molecular weight is 211 g/mol. The first-order chi connectivity index (χ1) is 7.29. The van der Waals surface area contributed by atoms with Gasteiger partial charge in [-0.15, -0.1) is 0 Å². The molecule has 0 aromatic rings. The Morgan fingerprint density at radius 1 is 1.20 bits per heavy atom. The van der Waals surface area contributed by atoms with Gasteiger partial charge in [0, 0.05) is 18.7 Å². The lowest BCUT2D eigenvalue weighted by atomic mass is 9.82. The monoisotopic (exact) mass is 211 g/mol. The van der Waals surface area contributed by atoms with Crippen molar-refractivity contribution in [2.24, 2.45) is 5.92 Å². The number of ether oxygens (including phenoxy) is 1. The number of hydrogen-bond donors (Lipinski definition) is 1. The van der Waals surface area contributed by atoms with E-state index in [0.717, 1.165) is 24.6 Å². The van der Waals surface area contributed by atoms with Gasteiger partial charge >= 0.3 is 0 Å². The fraction of sp³-hybridized carbons (Fsp3) is 1.00. The quantitative estimate of drug-likeness (QED) is 0.772. The standard InChI is InChI=1S/C13H25NO/c1-3-15-12-8-11(9-12)14-13-7-5-4-6-10(13)2/h10-14H,3-9H2,1-2H3. The third kappa shape index (κ3) is 2.94. The molecule has 0 aromatic carbocycles. The van der Waals surface area contributed by atoms with Crippen molar-refractivity contribution in [3.05, 3.63) is 0 Å². The van der Waals surface area contributed by atoms with E-state index in [-0.39, 0.29) is 0 Å². The molecule has 0 bridgehead atoms. The summed E-state index contributed by atoms with van der Waals surface area (Å²) in [6.45, 7) is 5.36. The summed E-state index contributed by atoms with van der Waals surface area (Å²) in [5, 5.41) is 3.81. The molecule has 2 rings (SSSR count). The fourth-order valence-corrected chi connectivity index (χ4v) is 2.94. The van der Waals surface area contributed by atoms with E-state index in [0.29, 0.717) is 6.10 Å². The van der Waals surface area contributed by atoms with Crippen molar-refractivity contribution in [3.8, 4) is 0 Å². The Morgan fingerprint density at radius 2 is 1.93 bits per heavy atom. The summed E-state index contributed by atoms with van der Waals surface area (Å²) in [7, 11) is 0. The van der Waals surface area contributed by atoms with E-state index in [1.165, 1.54) is 38.5 Å². The second kappa shape index (κ2) is 5.31. The molecule has 2 fully saturated rings. The lowest BCUT2D eigenvalue weighted by molar-refractivity contribution is -0.0151. The number of rotatable bonds is 4. The highest BCUT2D eigenvalue weighted by Gasteiger charge is 2.32. The Balaban J connectivity index is 1.65. The maximum atomic E-state index is 5.58. The van der Waals surface area contributed by atoms with Crippen LogP contribution >= 0.6 is 0 Å². The van der Waals surface area contributed by atoms with Gasteiger partial charge in [0.2, 0.25) is 0 Å². The number of hydrogen-bond acceptors (Lipinski definition) is 2. The Kier molecular flexibility index (Phi) is 4.04. The van der Waals surface area contributed by atoms with Gasteiger partial charge in [0.1, 0.15) is 0 Å². The van der Waals surface area contributed by atoms with Gasteiger partial charge in [-0.25, -0.2) is 0 Å². The van der Waals surface area contributed by atoms with Crippen molar-refractivity contribution < 1.29 is 4.74 Å². The van der Waals surface area contributed by atoms with Crippen LogP contribution in [-0.2, 0) is 4.74 Å². The minimum absolute atomic E-state index is 0.548. The molecule has 0 saturated heterocycles. The lowest BCUT2D eigenvalue weighted by Gasteiger charge is -2.40. The van der Waals surface area contributed by atoms with Crippen molar-refractivity contribution in [2.45, 2.75) is 70.6 Å². The molecule has 88 valence electrons. The SMILES string of the molecule is CCOC1CC(NC2CCCCC2C)C1. The van der Waals surface area contributed by atoms with E-state index in [1.807, 2.05) is 0 Å². The molecule has 2 nitrogen and oxygen atoms in total. The van der Waals surface area contributed by atoms with Crippen molar-refractivity contribution in [2.75, 3.05) is 6.61 Å². The van der Waals surface area contributed by atoms with Crippen molar-refractivity contribution in [3.63, 3.8) is 0 Å². The van der Waals surface area contributed by atoms with Crippen LogP contribution in [0.3, 0.4) is 0 Å². The molecule has 2 unspecified atom stereocenters. The first-order valence-electron chi connectivity index (χ1n) is 6.67. The predicted molar refractivity (Wildman–Crippen MR) is 63.0 cm³/mol. The minimum atomic E-state index is 0.548. The van der Waals surface area contributed by atoms with E-state index in [1.54, 1.807) is 0 Å². The van der Waals surface area contributed by atoms with Gasteiger partial charge in [0.25, 0.3) is 0 Å². The maximum Gasteiger partial charge on any atom is 0.0604 e. The Bertz CT molecular complexity index is 189. The molecule has 0 aliphatic heterocycles. The highest BCUT2D eigenvalue weighted by molar-refractivity contribution is 4.90. The molecule has 0 radical (unpaired) electrons. The molecule has 2 aliphatic carbocycles. The molecule has 0 aromatic heterocycles. The molecule has 1 N–H and O–H groups in total. The van der Waals surface area contributed by atoms with Crippen LogP contribution in [0.1, 0.15) is 52.4 Å². The third-order valence-electron chi connectivity index (χ3n) is 4.06. The summed E-state index contributed by atoms with van der Waals surface area (Å²) in [6, 6.07) is 1.53. The lowest BCUT2D eigenvalue weighted by Crippen LogP contribution is -2.51. The molecule has 15 heavy (non-hydrogen) atoms. The van der Waals surface area contributed by atoms with Crippen LogP contribution in [0, 0.1) is 5.92 Å². The Labute approximate surface area is 93.8 Å². The van der Waals surface area contributed by atoms with Crippen LogP contribution in [0.15, 0.2) is 0 Å². The van der Waals surface area contributed by atoms with Gasteiger partial charge < -0.3 is 10.1 Å². The largest absolute Gasteiger partial charge is 0.378 e. The van der Waals surface area contributed by atoms with E-state index >= 15 is 0 Å². The van der Waals surface area contributed by atoms with E-state index in [9.17, 15) is 0 Å². The summed E-state index contributed by atoms with van der Waals surface area (Å²) in [6.07, 6.45) is 8.67. The first-order valence-corrected chi connectivity index (χ1v) is 6.67. The maximum absolute atomic E-state index is 5.58. The zero-order chi connectivity index (χ0) is 10.7. The molecule has 2 saturated carbocycles. The Hall–Kier alpha value is -0.0800. The predicted octanol–water partition coefficient (Wildman–Crippen LogP) is 2.72. The van der Waals surface area contributed by atoms with Crippen LogP contribution in [0.25, 0.3) is 0 Å². The van der Waals surface area contributed by atoms with E-state index in [4.69, 9.17) is 4.74 Å². The Morgan fingerprint density at radius 3 is 2.60 bits per heavy atom. The molecule has 2 heteroatoms. The summed E-state index contributed by atoms with van der Waals surface area (Å²) >= 11 is 0. The van der Waals surface area contributed by atoms with Gasteiger partial charge in [-0.3, -0.25) is 0 Å². The summed E-state index contributed by atoms with van der Waals surface area (Å²) in [5.74, 6) is 0.880. The van der Waals surface area contributed by atoms with Crippen molar-refractivity contribution in [1.29, 1.82) is 0 Å². The molecular weight excluding hydrogens is 186 g/mol. The van der Waals surface area contributed by atoms with Gasteiger partial charge in [0.15, 0.2) is 0 Å². The van der Waals surface area contributed by atoms with Gasteiger partial charge in [-0.05, 0) is 38.5 Å². The molecule has 2 aliphatic rings. The minimum Gasteiger partial charge on any atom is -0.378 e. The van der Waals surface area contributed by atoms with E-state index in [2.05, 4.69) is 19.2 Å². The highest BCUT2D eigenvalue weighted by atomic mass is 16.5. The molecule has 0 spiro atoms. The topological polar surface area (TPSA) is 21.3 Å². The highest BCUT2D eigenvalue weighted by Crippen LogP contribution is 2.28. The summed E-state index contributed by atoms with van der Waals surface area (Å²) in [5.41, 5.74) is 0. The molecule has 0 amide bonds. The molecular formula is C13H25NO. The fourth-order valence-electron chi connectivity index (χ4n) is 2.94. The smallest absolute Gasteiger partial charge is 0.0604 e. The van der Waals surface area contributed by atoms with Crippen LogP contribution in [0.2, 0.25) is 0 Å². The molecule has 2 atom stereocenters. The van der Waals surface area contributed by atoms with Gasteiger partial charge in [-0.2, -0.15) is 0 Å². The zero-order valence-corrected chi connectivity index (χ0v) is 10.2. The molecule has 0 heterocycles. The second-order valence-electron chi connectivity index (χ2n) is 5.28. The summed E-state index contributed by atoms with van der Waals surface area (Å²) in [4.78, 5) is 0. The zero-order valence-electron chi connectivity index (χ0n) is 10.2. The van der Waals surface area contributed by atoms with Crippen LogP contribution in [0.5, 0.6) is 0 Å². The summed E-state index contributed by atoms with van der Waals surface area (Å²) < 4.78 is 5.58. The number of nitrogens with one attached hydrogen (secondary N) is 1. The van der Waals surface area contributed by atoms with Crippen LogP contribution < -0.4 is 5.32 Å². The van der Waals surface area contributed by atoms with Crippen molar-refractivity contribution >= 4 is 0 Å². The normalized spacial score (nSPS) is 41.2. The van der Waals surface area contributed by atoms with Crippen molar-refractivity contribution in [1.82, 2.24) is 5.32 Å². The van der Waals surface area contributed by atoms with Crippen LogP contribution in [0.4, 0.5) is 0 Å². The first kappa shape index (κ1) is 11.4. The van der Waals surface area contributed by atoms with E-state index < -0.39 is 0 Å². The average Bonchev–Trinajstić information content (AvgIpc) is 2.18. The van der Waals surface area contributed by atoms with Gasteiger partial charge in [0.05, 0.1) is 6.10 Å². The van der Waals surface area contributed by atoms with Gasteiger partial charge in [-0.1, -0.05) is 19.8 Å². The second-order valence-corrected chi connectivity index (χ2v) is 5.28. The van der Waals surface area contributed by atoms with Crippen LogP contribution in [-0.4, -0.2) is 24.8 Å².